The van der Waals surface area contributed by atoms with E-state index in [-0.39, 0.29) is 24.1 Å². The first-order chi connectivity index (χ1) is 8.47. The van der Waals surface area contributed by atoms with Gasteiger partial charge in [-0.3, -0.25) is 4.79 Å². The van der Waals surface area contributed by atoms with Crippen LogP contribution in [0.25, 0.3) is 0 Å². The predicted octanol–water partition coefficient (Wildman–Crippen LogP) is 2.25. The smallest absolute Gasteiger partial charge is 0.337 e. The molecule has 0 fully saturated rings. The number of aromatic nitrogens is 1. The number of hydrogen-bond donors (Lipinski definition) is 2. The highest BCUT2D eigenvalue weighted by molar-refractivity contribution is 9.10. The molecule has 0 aromatic carbocycles. The summed E-state index contributed by atoms with van der Waals surface area (Å²) in [5.41, 5.74) is 0.164. The summed E-state index contributed by atoms with van der Waals surface area (Å²) in [6.07, 6.45) is 3.21. The average Bonchev–Trinajstić information content (AvgIpc) is 2.68. The Morgan fingerprint density at radius 3 is 2.50 bits per heavy atom. The summed E-state index contributed by atoms with van der Waals surface area (Å²) >= 11 is 3.23. The Bertz CT molecular complexity index is 439. The first kappa shape index (κ1) is 14.8. The summed E-state index contributed by atoms with van der Waals surface area (Å²) < 4.78 is 2.15. The minimum atomic E-state index is -1.00. The van der Waals surface area contributed by atoms with Crippen LogP contribution in [0.2, 0.25) is 0 Å². The molecule has 0 radical (unpaired) electrons. The number of nitrogens with one attached hydrogen (secondary N) is 1. The molecule has 0 spiro atoms. The Kier molecular flexibility index (Phi) is 5.40. The molecule has 1 rings (SSSR count). The highest BCUT2D eigenvalue weighted by Crippen LogP contribution is 2.15. The molecule has 0 bridgehead atoms. The van der Waals surface area contributed by atoms with Crippen LogP contribution in [0, 0.1) is 0 Å². The Morgan fingerprint density at radius 2 is 2.06 bits per heavy atom. The summed E-state index contributed by atoms with van der Waals surface area (Å²) in [5, 5.41) is 11.7. The lowest BCUT2D eigenvalue weighted by molar-refractivity contribution is -0.122. The molecule has 1 amide bonds. The van der Waals surface area contributed by atoms with Crippen molar-refractivity contribution in [3.05, 3.63) is 22.4 Å². The number of rotatable bonds is 6. The molecular formula is C12H17BrN2O3. The van der Waals surface area contributed by atoms with Crippen LogP contribution in [0.5, 0.6) is 0 Å². The van der Waals surface area contributed by atoms with E-state index in [0.717, 1.165) is 12.8 Å². The minimum absolute atomic E-state index is 0.114. The number of carboxylic acid groups (broad SMARTS) is 1. The minimum Gasteiger partial charge on any atom is -0.478 e. The number of hydrogen-bond acceptors (Lipinski definition) is 2. The molecule has 1 heterocycles. The van der Waals surface area contributed by atoms with Gasteiger partial charge in [0.05, 0.1) is 10.2 Å². The maximum absolute atomic E-state index is 11.8. The third kappa shape index (κ3) is 3.87. The molecule has 0 saturated heterocycles. The van der Waals surface area contributed by atoms with Crippen LogP contribution in [-0.4, -0.2) is 27.6 Å². The first-order valence-corrected chi connectivity index (χ1v) is 6.65. The molecule has 0 aliphatic carbocycles. The van der Waals surface area contributed by atoms with Crippen LogP contribution in [0.4, 0.5) is 0 Å². The van der Waals surface area contributed by atoms with Crippen molar-refractivity contribution >= 4 is 27.8 Å². The maximum atomic E-state index is 11.8. The molecule has 0 aliphatic heterocycles. The first-order valence-electron chi connectivity index (χ1n) is 5.86. The molecule has 18 heavy (non-hydrogen) atoms. The third-order valence-electron chi connectivity index (χ3n) is 2.76. The zero-order valence-corrected chi connectivity index (χ0v) is 12.0. The lowest BCUT2D eigenvalue weighted by Crippen LogP contribution is -2.36. The zero-order valence-electron chi connectivity index (χ0n) is 10.4. The summed E-state index contributed by atoms with van der Waals surface area (Å²) in [4.78, 5) is 22.6. The number of carboxylic acids is 1. The summed E-state index contributed by atoms with van der Waals surface area (Å²) in [7, 11) is 0. The second kappa shape index (κ2) is 6.58. The molecule has 0 saturated carbocycles. The van der Waals surface area contributed by atoms with Crippen LogP contribution in [0.3, 0.4) is 0 Å². The van der Waals surface area contributed by atoms with Gasteiger partial charge in [-0.2, -0.15) is 0 Å². The summed E-state index contributed by atoms with van der Waals surface area (Å²) in [5.74, 6) is -1.12. The van der Waals surface area contributed by atoms with Gasteiger partial charge >= 0.3 is 5.97 Å². The molecule has 5 nitrogen and oxygen atoms in total. The van der Waals surface area contributed by atoms with Gasteiger partial charge < -0.3 is 15.0 Å². The van der Waals surface area contributed by atoms with Gasteiger partial charge in [-0.1, -0.05) is 13.8 Å². The molecule has 2 N–H and O–H groups in total. The molecule has 100 valence electrons. The molecule has 0 unspecified atom stereocenters. The topological polar surface area (TPSA) is 71.3 Å². The Labute approximate surface area is 114 Å². The molecule has 1 aromatic rings. The number of nitrogens with zero attached hydrogens (tertiary/aromatic N) is 1. The van der Waals surface area contributed by atoms with E-state index in [9.17, 15) is 9.59 Å². The van der Waals surface area contributed by atoms with E-state index in [0.29, 0.717) is 4.60 Å². The van der Waals surface area contributed by atoms with Crippen LogP contribution in [-0.2, 0) is 11.3 Å². The maximum Gasteiger partial charge on any atom is 0.337 e. The van der Waals surface area contributed by atoms with Crippen molar-refractivity contribution < 1.29 is 14.7 Å². The van der Waals surface area contributed by atoms with Gasteiger partial charge in [0.2, 0.25) is 5.91 Å². The van der Waals surface area contributed by atoms with Crippen molar-refractivity contribution in [1.29, 1.82) is 0 Å². The van der Waals surface area contributed by atoms with E-state index >= 15 is 0 Å². The average molecular weight is 317 g/mol. The van der Waals surface area contributed by atoms with Crippen molar-refractivity contribution in [2.75, 3.05) is 0 Å². The molecule has 1 aromatic heterocycles. The summed E-state index contributed by atoms with van der Waals surface area (Å²) in [6, 6.07) is 1.65. The van der Waals surface area contributed by atoms with Crippen LogP contribution in [0.15, 0.2) is 16.9 Å². The van der Waals surface area contributed by atoms with E-state index in [1.165, 1.54) is 12.3 Å². The number of amides is 1. The fraction of sp³-hybridized carbons (Fsp3) is 0.500. The van der Waals surface area contributed by atoms with Gasteiger partial charge in [0.25, 0.3) is 0 Å². The Morgan fingerprint density at radius 1 is 1.44 bits per heavy atom. The van der Waals surface area contributed by atoms with Crippen LogP contribution < -0.4 is 5.32 Å². The van der Waals surface area contributed by atoms with Gasteiger partial charge in [-0.25, -0.2) is 4.79 Å². The van der Waals surface area contributed by atoms with Crippen molar-refractivity contribution in [3.63, 3.8) is 0 Å². The fourth-order valence-corrected chi connectivity index (χ4v) is 2.11. The second-order valence-electron chi connectivity index (χ2n) is 4.07. The monoisotopic (exact) mass is 316 g/mol. The quantitative estimate of drug-likeness (QED) is 0.845. The Hall–Kier alpha value is -1.30. The molecule has 0 atom stereocenters. The third-order valence-corrected chi connectivity index (χ3v) is 3.44. The molecular weight excluding hydrogens is 300 g/mol. The highest BCUT2D eigenvalue weighted by Gasteiger charge is 2.13. The predicted molar refractivity (Wildman–Crippen MR) is 71.6 cm³/mol. The lowest BCUT2D eigenvalue weighted by Gasteiger charge is -2.15. The largest absolute Gasteiger partial charge is 0.478 e. The fourth-order valence-electron chi connectivity index (χ4n) is 1.64. The standard InChI is InChI=1S/C12H17BrN2O3/c1-3-9(4-2)14-11(16)7-15-6-8(12(17)18)5-10(15)13/h5-6,9H,3-4,7H2,1-2H3,(H,14,16)(H,17,18). The van der Waals surface area contributed by atoms with E-state index < -0.39 is 5.97 Å². The molecule has 0 aliphatic rings. The van der Waals surface area contributed by atoms with Crippen molar-refractivity contribution in [2.45, 2.75) is 39.3 Å². The van der Waals surface area contributed by atoms with Crippen LogP contribution in [0.1, 0.15) is 37.0 Å². The van der Waals surface area contributed by atoms with E-state index in [1.54, 1.807) is 4.57 Å². The van der Waals surface area contributed by atoms with E-state index in [4.69, 9.17) is 5.11 Å². The van der Waals surface area contributed by atoms with Gasteiger partial charge in [0, 0.05) is 12.2 Å². The van der Waals surface area contributed by atoms with Crippen molar-refractivity contribution in [2.24, 2.45) is 0 Å². The second-order valence-corrected chi connectivity index (χ2v) is 4.88. The Balaban J connectivity index is 2.67. The SMILES string of the molecule is CCC(CC)NC(=O)Cn1cc(C(=O)O)cc1Br. The lowest BCUT2D eigenvalue weighted by atomic mass is 10.2. The van der Waals surface area contributed by atoms with E-state index in [2.05, 4.69) is 21.2 Å². The number of aromatic carboxylic acids is 1. The van der Waals surface area contributed by atoms with Gasteiger partial charge in [0.15, 0.2) is 0 Å². The van der Waals surface area contributed by atoms with Gasteiger partial charge in [-0.15, -0.1) is 0 Å². The van der Waals surface area contributed by atoms with Crippen LogP contribution >= 0.6 is 15.9 Å². The zero-order chi connectivity index (χ0) is 13.7. The number of carbonyl (C=O) groups excluding carboxylic acids is 1. The highest BCUT2D eigenvalue weighted by atomic mass is 79.9. The molecule has 6 heteroatoms. The normalized spacial score (nSPS) is 10.7. The number of halogens is 1. The van der Waals surface area contributed by atoms with Crippen molar-refractivity contribution in [1.82, 2.24) is 9.88 Å². The van der Waals surface area contributed by atoms with E-state index in [1.807, 2.05) is 13.8 Å². The summed E-state index contributed by atoms with van der Waals surface area (Å²) in [6.45, 7) is 4.15. The van der Waals surface area contributed by atoms with Gasteiger partial charge in [0.1, 0.15) is 6.54 Å². The number of carbonyl (C=O) groups is 2. The van der Waals surface area contributed by atoms with Crippen molar-refractivity contribution in [3.8, 4) is 0 Å². The van der Waals surface area contributed by atoms with Gasteiger partial charge in [-0.05, 0) is 34.8 Å².